The van der Waals surface area contributed by atoms with Crippen LogP contribution in [-0.2, 0) is 13.0 Å². The van der Waals surface area contributed by atoms with Crippen molar-refractivity contribution in [2.24, 2.45) is 0 Å². The minimum Gasteiger partial charge on any atom is -0.312 e. The molecule has 0 atom stereocenters. The molecule has 0 saturated carbocycles. The molecule has 1 aromatic heterocycles. The first-order valence-electron chi connectivity index (χ1n) is 5.99. The second-order valence-corrected chi connectivity index (χ2v) is 5.31. The smallest absolute Gasteiger partial charge is 0.126 e. The number of nitrogens with one attached hydrogen (secondary N) is 1. The molecule has 2 heterocycles. The summed E-state index contributed by atoms with van der Waals surface area (Å²) in [6.07, 6.45) is 2.23. The van der Waals surface area contributed by atoms with Gasteiger partial charge in [0.05, 0.1) is 15.7 Å². The lowest BCUT2D eigenvalue weighted by atomic mass is 9.93. The summed E-state index contributed by atoms with van der Waals surface area (Å²) in [5, 5.41) is 4.21. The van der Waals surface area contributed by atoms with Crippen molar-refractivity contribution in [3.05, 3.63) is 51.4 Å². The summed E-state index contributed by atoms with van der Waals surface area (Å²) in [6, 6.07) is 4.85. The minimum absolute atomic E-state index is 0.162. The van der Waals surface area contributed by atoms with E-state index in [1.807, 2.05) is 0 Å². The average molecular weight is 297 g/mol. The van der Waals surface area contributed by atoms with Crippen molar-refractivity contribution in [1.29, 1.82) is 0 Å². The van der Waals surface area contributed by atoms with Crippen LogP contribution >= 0.6 is 23.2 Å². The average Bonchev–Trinajstić information content (AvgIpc) is 2.41. The first kappa shape index (κ1) is 12.9. The number of rotatable bonds is 1. The highest BCUT2D eigenvalue weighted by Crippen LogP contribution is 2.33. The van der Waals surface area contributed by atoms with Gasteiger partial charge in [-0.2, -0.15) is 0 Å². The van der Waals surface area contributed by atoms with Crippen molar-refractivity contribution in [2.45, 2.75) is 13.0 Å². The molecule has 1 aromatic carbocycles. The van der Waals surface area contributed by atoms with Crippen molar-refractivity contribution in [3.8, 4) is 11.3 Å². The number of nitrogens with zero attached hydrogens (tertiary/aromatic N) is 1. The Morgan fingerprint density at radius 2 is 2.05 bits per heavy atom. The van der Waals surface area contributed by atoms with Gasteiger partial charge in [-0.1, -0.05) is 23.2 Å². The second kappa shape index (κ2) is 5.08. The van der Waals surface area contributed by atoms with E-state index in [4.69, 9.17) is 23.2 Å². The molecule has 0 bridgehead atoms. The molecule has 5 heteroatoms. The summed E-state index contributed by atoms with van der Waals surface area (Å²) in [5.74, 6) is -0.162. The van der Waals surface area contributed by atoms with Gasteiger partial charge in [0, 0.05) is 18.3 Å². The molecule has 1 aliphatic rings. The quantitative estimate of drug-likeness (QED) is 0.865. The molecule has 0 fully saturated rings. The molecule has 0 saturated heterocycles. The Hall–Kier alpha value is -1.16. The van der Waals surface area contributed by atoms with Crippen molar-refractivity contribution >= 4 is 23.2 Å². The van der Waals surface area contributed by atoms with Crippen LogP contribution < -0.4 is 5.32 Å². The van der Waals surface area contributed by atoms with Crippen LogP contribution in [0.4, 0.5) is 4.39 Å². The van der Waals surface area contributed by atoms with Crippen LogP contribution in [0.1, 0.15) is 11.1 Å². The van der Waals surface area contributed by atoms with Crippen LogP contribution in [0, 0.1) is 5.82 Å². The zero-order valence-corrected chi connectivity index (χ0v) is 11.5. The second-order valence-electron chi connectivity index (χ2n) is 4.46. The third-order valence-corrected chi connectivity index (χ3v) is 3.79. The number of fused-ring (bicyclic) bond motifs is 1. The van der Waals surface area contributed by atoms with Gasteiger partial charge in [-0.15, -0.1) is 0 Å². The molecule has 19 heavy (non-hydrogen) atoms. The van der Waals surface area contributed by atoms with Crippen molar-refractivity contribution in [2.75, 3.05) is 6.54 Å². The van der Waals surface area contributed by atoms with Gasteiger partial charge in [0.1, 0.15) is 5.82 Å². The largest absolute Gasteiger partial charge is 0.312 e. The molecule has 0 radical (unpaired) electrons. The van der Waals surface area contributed by atoms with Gasteiger partial charge in [0.25, 0.3) is 0 Å². The lowest BCUT2D eigenvalue weighted by Gasteiger charge is -2.21. The first-order chi connectivity index (χ1) is 9.16. The Bertz CT molecular complexity index is 644. The predicted octanol–water partition coefficient (Wildman–Crippen LogP) is 3.84. The van der Waals surface area contributed by atoms with Gasteiger partial charge in [-0.3, -0.25) is 4.98 Å². The molecule has 98 valence electrons. The standard InChI is InChI=1S/C14H11Cl2FN2/c15-8-5-12(16)14(19-6-8)10-1-2-13(17)9-3-4-18-7-11(9)10/h1-2,5-6,18H,3-4,7H2. The highest BCUT2D eigenvalue weighted by atomic mass is 35.5. The monoisotopic (exact) mass is 296 g/mol. The summed E-state index contributed by atoms with van der Waals surface area (Å²) in [7, 11) is 0. The lowest BCUT2D eigenvalue weighted by molar-refractivity contribution is 0.570. The van der Waals surface area contributed by atoms with Crippen LogP contribution in [0.2, 0.25) is 10.0 Å². The third-order valence-electron chi connectivity index (χ3n) is 3.29. The van der Waals surface area contributed by atoms with E-state index in [-0.39, 0.29) is 5.82 Å². The van der Waals surface area contributed by atoms with Gasteiger partial charge < -0.3 is 5.32 Å². The number of pyridine rings is 1. The van der Waals surface area contributed by atoms with E-state index in [2.05, 4.69) is 10.3 Å². The van der Waals surface area contributed by atoms with Crippen LogP contribution in [0.5, 0.6) is 0 Å². The predicted molar refractivity (Wildman–Crippen MR) is 75.1 cm³/mol. The highest BCUT2D eigenvalue weighted by molar-refractivity contribution is 6.36. The Balaban J connectivity index is 2.20. The number of halogens is 3. The molecule has 0 aliphatic carbocycles. The third kappa shape index (κ3) is 2.34. The fourth-order valence-electron chi connectivity index (χ4n) is 2.40. The summed E-state index contributed by atoms with van der Waals surface area (Å²) >= 11 is 12.0. The number of hydrogen-bond acceptors (Lipinski definition) is 2. The van der Waals surface area contributed by atoms with E-state index < -0.39 is 0 Å². The van der Waals surface area contributed by atoms with Crippen LogP contribution in [0.25, 0.3) is 11.3 Å². The first-order valence-corrected chi connectivity index (χ1v) is 6.75. The number of hydrogen-bond donors (Lipinski definition) is 1. The zero-order valence-electron chi connectivity index (χ0n) is 10.0. The Morgan fingerprint density at radius 3 is 2.84 bits per heavy atom. The van der Waals surface area contributed by atoms with E-state index in [9.17, 15) is 4.39 Å². The van der Waals surface area contributed by atoms with E-state index in [1.54, 1.807) is 18.3 Å². The Kier molecular flexibility index (Phi) is 3.44. The van der Waals surface area contributed by atoms with Crippen molar-refractivity contribution < 1.29 is 4.39 Å². The maximum absolute atomic E-state index is 13.8. The molecule has 2 nitrogen and oxygen atoms in total. The highest BCUT2D eigenvalue weighted by Gasteiger charge is 2.19. The lowest BCUT2D eigenvalue weighted by Crippen LogP contribution is -2.25. The number of aromatic nitrogens is 1. The van der Waals surface area contributed by atoms with Gasteiger partial charge in [-0.25, -0.2) is 4.39 Å². The van der Waals surface area contributed by atoms with E-state index >= 15 is 0 Å². The van der Waals surface area contributed by atoms with Gasteiger partial charge in [-0.05, 0) is 42.3 Å². The molecule has 2 aromatic rings. The van der Waals surface area contributed by atoms with Crippen LogP contribution in [0.15, 0.2) is 24.4 Å². The maximum atomic E-state index is 13.8. The fourth-order valence-corrected chi connectivity index (χ4v) is 2.88. The molecule has 1 N–H and O–H groups in total. The molecule has 1 aliphatic heterocycles. The SMILES string of the molecule is Fc1ccc(-c2ncc(Cl)cc2Cl)c2c1CCNC2. The molecular formula is C14H11Cl2FN2. The summed E-state index contributed by atoms with van der Waals surface area (Å²) in [4.78, 5) is 4.27. The molecule has 0 spiro atoms. The molecule has 3 rings (SSSR count). The number of benzene rings is 1. The van der Waals surface area contributed by atoms with Gasteiger partial charge in [0.15, 0.2) is 0 Å². The van der Waals surface area contributed by atoms with Crippen molar-refractivity contribution in [3.63, 3.8) is 0 Å². The van der Waals surface area contributed by atoms with Gasteiger partial charge in [0.2, 0.25) is 0 Å². The topological polar surface area (TPSA) is 24.9 Å². The maximum Gasteiger partial charge on any atom is 0.126 e. The minimum atomic E-state index is -0.162. The summed E-state index contributed by atoms with van der Waals surface area (Å²) in [6.45, 7) is 1.41. The van der Waals surface area contributed by atoms with Crippen LogP contribution in [0.3, 0.4) is 0 Å². The zero-order chi connectivity index (χ0) is 13.4. The Labute approximate surface area is 120 Å². The summed E-state index contributed by atoms with van der Waals surface area (Å²) in [5.41, 5.74) is 3.20. The fraction of sp³-hybridized carbons (Fsp3) is 0.214. The van der Waals surface area contributed by atoms with E-state index in [0.717, 1.165) is 23.2 Å². The summed E-state index contributed by atoms with van der Waals surface area (Å²) < 4.78 is 13.8. The van der Waals surface area contributed by atoms with Crippen LogP contribution in [-0.4, -0.2) is 11.5 Å². The molecule has 0 amide bonds. The molecular weight excluding hydrogens is 286 g/mol. The van der Waals surface area contributed by atoms with E-state index in [0.29, 0.717) is 28.7 Å². The van der Waals surface area contributed by atoms with E-state index in [1.165, 1.54) is 6.07 Å². The normalized spacial score (nSPS) is 14.3. The van der Waals surface area contributed by atoms with Gasteiger partial charge >= 0.3 is 0 Å². The Morgan fingerprint density at radius 1 is 1.21 bits per heavy atom. The van der Waals surface area contributed by atoms with Crippen molar-refractivity contribution in [1.82, 2.24) is 10.3 Å². The molecule has 0 unspecified atom stereocenters.